The number of hydrogen-bond acceptors (Lipinski definition) is 7. The molecule has 8 nitrogen and oxygen atoms in total. The Labute approximate surface area is 202 Å². The van der Waals surface area contributed by atoms with E-state index in [0.717, 1.165) is 44.9 Å². The van der Waals surface area contributed by atoms with Gasteiger partial charge in [-0.25, -0.2) is 0 Å². The van der Waals surface area contributed by atoms with E-state index in [9.17, 15) is 9.36 Å². The lowest BCUT2D eigenvalue weighted by Gasteiger charge is -2.44. The van der Waals surface area contributed by atoms with Crippen molar-refractivity contribution < 1.29 is 14.1 Å². The summed E-state index contributed by atoms with van der Waals surface area (Å²) in [4.78, 5) is 11.7. The Bertz CT molecular complexity index is 669. The van der Waals surface area contributed by atoms with Crippen molar-refractivity contribution in [2.24, 2.45) is 0 Å². The number of alkyl halides is 2. The maximum Gasteiger partial charge on any atom is 0.235 e. The molecular formula is C21H40Cl2N5O3P. The molecule has 0 bridgehead atoms. The zero-order valence-corrected chi connectivity index (χ0v) is 21.8. The molecule has 0 aromatic rings. The molecule has 3 rings (SSSR count). The molecule has 0 aromatic carbocycles. The Morgan fingerprint density at radius 2 is 1.88 bits per heavy atom. The molecule has 1 aliphatic heterocycles. The van der Waals surface area contributed by atoms with Crippen molar-refractivity contribution in [3.05, 3.63) is 0 Å². The number of rotatable bonds is 8. The minimum atomic E-state index is -2.19. The van der Waals surface area contributed by atoms with E-state index in [1.54, 1.807) is 7.11 Å². The van der Waals surface area contributed by atoms with Crippen LogP contribution in [0.1, 0.15) is 44.9 Å². The number of hydrogen-bond donors (Lipinski definition) is 5. The maximum atomic E-state index is 12.9. The summed E-state index contributed by atoms with van der Waals surface area (Å²) in [6.07, 6.45) is 6.66. The highest BCUT2D eigenvalue weighted by Crippen LogP contribution is 2.49. The zero-order chi connectivity index (χ0) is 23.3. The first kappa shape index (κ1) is 26.7. The van der Waals surface area contributed by atoms with Crippen LogP contribution in [0.15, 0.2) is 0 Å². The van der Waals surface area contributed by atoms with Gasteiger partial charge in [-0.2, -0.15) is 0 Å². The van der Waals surface area contributed by atoms with Gasteiger partial charge in [0.2, 0.25) is 5.91 Å². The van der Waals surface area contributed by atoms with Gasteiger partial charge in [-0.1, -0.05) is 12.8 Å². The van der Waals surface area contributed by atoms with Crippen LogP contribution in [0, 0.1) is 0 Å². The molecule has 0 radical (unpaired) electrons. The first-order valence-electron chi connectivity index (χ1n) is 11.8. The number of methoxy groups -OCH3 is 1. The standard InChI is InChI=1S/C21H40Cl2N5O3P/c1-31-17-9-8-13(25-19(29)11-22)10-16(17)27-21-24-12-14(23)20(28-21)26-15-6-4-5-7-18(15)32(2,3)30/h13-18,20-21,24,26-28H,4-12H2,1-3H3,(H,25,29). The van der Waals surface area contributed by atoms with E-state index in [2.05, 4.69) is 26.6 Å². The van der Waals surface area contributed by atoms with Crippen molar-refractivity contribution >= 4 is 36.3 Å². The monoisotopic (exact) mass is 511 g/mol. The fraction of sp³-hybridized carbons (Fsp3) is 0.952. The van der Waals surface area contributed by atoms with E-state index in [0.29, 0.717) is 6.54 Å². The Kier molecular flexibility index (Phi) is 10.1. The predicted octanol–water partition coefficient (Wildman–Crippen LogP) is 1.80. The molecule has 5 N–H and O–H groups in total. The minimum absolute atomic E-state index is 0.0247. The van der Waals surface area contributed by atoms with E-state index in [1.807, 2.05) is 13.3 Å². The lowest BCUT2D eigenvalue weighted by atomic mass is 9.88. The molecule has 8 unspecified atom stereocenters. The molecule has 2 aliphatic carbocycles. The quantitative estimate of drug-likeness (QED) is 0.250. The second-order valence-corrected chi connectivity index (χ2v) is 14.2. The Morgan fingerprint density at radius 3 is 2.56 bits per heavy atom. The molecule has 1 heterocycles. The van der Waals surface area contributed by atoms with Crippen LogP contribution in [-0.2, 0) is 14.1 Å². The van der Waals surface area contributed by atoms with E-state index in [4.69, 9.17) is 27.9 Å². The summed E-state index contributed by atoms with van der Waals surface area (Å²) >= 11 is 12.3. The summed E-state index contributed by atoms with van der Waals surface area (Å²) in [5.74, 6) is -0.163. The van der Waals surface area contributed by atoms with Gasteiger partial charge in [-0.15, -0.1) is 23.2 Å². The van der Waals surface area contributed by atoms with Gasteiger partial charge in [0.05, 0.1) is 24.8 Å². The lowest BCUT2D eigenvalue weighted by molar-refractivity contribution is -0.119. The molecule has 3 aliphatic rings. The van der Waals surface area contributed by atoms with Gasteiger partial charge in [-0.3, -0.25) is 26.1 Å². The molecule has 8 atom stereocenters. The van der Waals surface area contributed by atoms with Crippen molar-refractivity contribution in [1.29, 1.82) is 0 Å². The molecular weight excluding hydrogens is 472 g/mol. The van der Waals surface area contributed by atoms with Crippen molar-refractivity contribution in [1.82, 2.24) is 26.6 Å². The van der Waals surface area contributed by atoms with Crippen LogP contribution in [0.3, 0.4) is 0 Å². The normalized spacial score (nSPS) is 38.9. The summed E-state index contributed by atoms with van der Waals surface area (Å²) in [7, 11) is -0.457. The smallest absolute Gasteiger partial charge is 0.235 e. The highest BCUT2D eigenvalue weighted by Gasteiger charge is 2.39. The molecule has 32 heavy (non-hydrogen) atoms. The zero-order valence-electron chi connectivity index (χ0n) is 19.4. The average molecular weight is 512 g/mol. The maximum absolute atomic E-state index is 12.9. The van der Waals surface area contributed by atoms with Crippen LogP contribution in [0.25, 0.3) is 0 Å². The van der Waals surface area contributed by atoms with Gasteiger partial charge < -0.3 is 14.6 Å². The third-order valence-corrected chi connectivity index (χ3v) is 9.97. The minimum Gasteiger partial charge on any atom is -0.380 e. The molecule has 0 spiro atoms. The van der Waals surface area contributed by atoms with Crippen LogP contribution in [0.5, 0.6) is 0 Å². The molecule has 2 saturated carbocycles. The molecule has 11 heteroatoms. The largest absolute Gasteiger partial charge is 0.380 e. The Balaban J connectivity index is 1.59. The van der Waals surface area contributed by atoms with Gasteiger partial charge in [-0.05, 0) is 45.4 Å². The first-order valence-corrected chi connectivity index (χ1v) is 15.4. The number of halogens is 2. The summed E-state index contributed by atoms with van der Waals surface area (Å²) in [6.45, 7) is 4.46. The fourth-order valence-electron chi connectivity index (χ4n) is 5.44. The van der Waals surface area contributed by atoms with Crippen LogP contribution >= 0.6 is 30.3 Å². The van der Waals surface area contributed by atoms with Crippen LogP contribution in [0.4, 0.5) is 0 Å². The molecule has 3 fully saturated rings. The van der Waals surface area contributed by atoms with Crippen LogP contribution in [-0.4, -0.2) is 86.5 Å². The SMILES string of the molecule is COC1CCC(NC(=O)CCl)CC1NC1NCC(Cl)C(NC2CCCCC2P(C)(C)=O)N1. The molecule has 1 saturated heterocycles. The first-order chi connectivity index (χ1) is 15.2. The number of carbonyl (C=O) groups is 1. The summed E-state index contributed by atoms with van der Waals surface area (Å²) in [5, 5.41) is 17.2. The third-order valence-electron chi connectivity index (χ3n) is 7.10. The van der Waals surface area contributed by atoms with E-state index in [-0.39, 0.29) is 59.5 Å². The van der Waals surface area contributed by atoms with Gasteiger partial charge in [0.25, 0.3) is 0 Å². The van der Waals surface area contributed by atoms with Gasteiger partial charge in [0.15, 0.2) is 0 Å². The second-order valence-electron chi connectivity index (χ2n) is 9.82. The van der Waals surface area contributed by atoms with Crippen LogP contribution < -0.4 is 26.6 Å². The Morgan fingerprint density at radius 1 is 1.12 bits per heavy atom. The predicted molar refractivity (Wildman–Crippen MR) is 131 cm³/mol. The average Bonchev–Trinajstić information content (AvgIpc) is 2.76. The van der Waals surface area contributed by atoms with Gasteiger partial charge in [0, 0.05) is 37.4 Å². The topological polar surface area (TPSA) is 104 Å². The lowest BCUT2D eigenvalue weighted by Crippen LogP contribution is -2.72. The molecule has 0 aromatic heterocycles. The second kappa shape index (κ2) is 12.2. The number of nitrogens with one attached hydrogen (secondary N) is 5. The molecule has 1 amide bonds. The summed E-state index contributed by atoms with van der Waals surface area (Å²) in [5.41, 5.74) is 0.200. The highest BCUT2D eigenvalue weighted by atomic mass is 35.5. The van der Waals surface area contributed by atoms with Crippen molar-refractivity contribution in [3.63, 3.8) is 0 Å². The van der Waals surface area contributed by atoms with E-state index < -0.39 is 7.14 Å². The van der Waals surface area contributed by atoms with Gasteiger partial charge in [0.1, 0.15) is 12.2 Å². The number of ether oxygens (including phenoxy) is 1. The highest BCUT2D eigenvalue weighted by molar-refractivity contribution is 7.63. The van der Waals surface area contributed by atoms with Crippen molar-refractivity contribution in [3.8, 4) is 0 Å². The van der Waals surface area contributed by atoms with E-state index in [1.165, 1.54) is 0 Å². The number of carbonyl (C=O) groups excluding carboxylic acids is 1. The summed E-state index contributed by atoms with van der Waals surface area (Å²) in [6, 6.07) is 0.356. The number of amides is 1. The van der Waals surface area contributed by atoms with Crippen molar-refractivity contribution in [2.45, 2.75) is 92.7 Å². The third kappa shape index (κ3) is 7.29. The van der Waals surface area contributed by atoms with Crippen molar-refractivity contribution in [2.75, 3.05) is 32.9 Å². The Hall–Kier alpha value is 0.0800. The fourth-order valence-corrected chi connectivity index (χ4v) is 7.66. The van der Waals surface area contributed by atoms with Crippen LogP contribution in [0.2, 0.25) is 0 Å². The summed E-state index contributed by atoms with van der Waals surface area (Å²) < 4.78 is 18.6. The van der Waals surface area contributed by atoms with E-state index >= 15 is 0 Å². The van der Waals surface area contributed by atoms with Gasteiger partial charge >= 0.3 is 0 Å². The molecule has 186 valence electrons.